The van der Waals surface area contributed by atoms with Crippen molar-refractivity contribution >= 4 is 11.9 Å². The molecular weight excluding hydrogens is 789 g/mol. The van der Waals surface area contributed by atoms with Gasteiger partial charge in [0.15, 0.2) is 6.10 Å². The molecule has 1 atom stereocenters. The Kier molecular flexibility index (Phi) is 52.9. The van der Waals surface area contributed by atoms with Gasteiger partial charge in [0, 0.05) is 19.4 Å². The number of hydrogen-bond donors (Lipinski definition) is 0. The van der Waals surface area contributed by atoms with E-state index in [0.717, 1.165) is 51.4 Å². The lowest BCUT2D eigenvalue weighted by molar-refractivity contribution is -0.162. The minimum absolute atomic E-state index is 0.0580. The van der Waals surface area contributed by atoms with Crippen LogP contribution in [0.25, 0.3) is 0 Å². The average Bonchev–Trinajstić information content (AvgIpc) is 3.30. The third-order valence-corrected chi connectivity index (χ3v) is 12.1. The summed E-state index contributed by atoms with van der Waals surface area (Å²) in [6, 6.07) is 0. The Morgan fingerprint density at radius 1 is 0.359 bits per heavy atom. The molecule has 0 aromatic heterocycles. The summed E-state index contributed by atoms with van der Waals surface area (Å²) in [6.07, 6.45) is 69.7. The molecule has 0 saturated heterocycles. The summed E-state index contributed by atoms with van der Waals surface area (Å²) < 4.78 is 17.4. The maximum Gasteiger partial charge on any atom is 0.306 e. The smallest absolute Gasteiger partial charge is 0.306 e. The third-order valence-electron chi connectivity index (χ3n) is 12.1. The van der Waals surface area contributed by atoms with Gasteiger partial charge in [0.25, 0.3) is 0 Å². The standard InChI is InChI=1S/C59H106O5/c1-4-7-10-13-16-19-22-25-27-29-30-31-32-35-37-40-43-46-49-52-58(60)63-56-57(64-59(61)53-50-47-44-41-38-34-24-21-18-15-12-9-6-3)55-62-54-51-48-45-42-39-36-33-28-26-23-20-17-14-11-8-5-2/h9,12,18,21,25,27,34,38,44,47,57H,4-8,10-11,13-17,19-20,22-24,26,28-33,35-37,39-43,45-46,48-56H2,1-3H3/b12-9-,21-18-,27-25-,38-34-,47-44-. The lowest BCUT2D eigenvalue weighted by Gasteiger charge is -2.18. The number of allylic oxidation sites excluding steroid dienone is 10. The first-order valence-electron chi connectivity index (χ1n) is 27.8. The molecule has 64 heavy (non-hydrogen) atoms. The molecule has 0 amide bonds. The Morgan fingerprint density at radius 2 is 0.734 bits per heavy atom. The van der Waals surface area contributed by atoms with Crippen molar-refractivity contribution in [2.45, 2.75) is 284 Å². The Balaban J connectivity index is 4.28. The molecule has 5 nitrogen and oxygen atoms in total. The molecule has 0 spiro atoms. The molecule has 0 N–H and O–H groups in total. The van der Waals surface area contributed by atoms with Crippen LogP contribution in [0.5, 0.6) is 0 Å². The summed E-state index contributed by atoms with van der Waals surface area (Å²) in [5.74, 6) is -0.482. The van der Waals surface area contributed by atoms with Crippen molar-refractivity contribution < 1.29 is 23.8 Å². The van der Waals surface area contributed by atoms with Gasteiger partial charge in [0.1, 0.15) is 6.61 Å². The first-order chi connectivity index (χ1) is 31.6. The second-order valence-corrected chi connectivity index (χ2v) is 18.5. The summed E-state index contributed by atoms with van der Waals surface area (Å²) in [7, 11) is 0. The van der Waals surface area contributed by atoms with Crippen LogP contribution in [0, 0.1) is 0 Å². The van der Waals surface area contributed by atoms with Gasteiger partial charge in [-0.25, -0.2) is 0 Å². The van der Waals surface area contributed by atoms with Gasteiger partial charge in [-0.1, -0.05) is 255 Å². The number of carbonyl (C=O) groups excluding carboxylic acids is 2. The van der Waals surface area contributed by atoms with Crippen molar-refractivity contribution in [2.75, 3.05) is 19.8 Å². The number of rotatable bonds is 51. The van der Waals surface area contributed by atoms with Crippen molar-refractivity contribution in [1.82, 2.24) is 0 Å². The summed E-state index contributed by atoms with van der Waals surface area (Å²) in [5.41, 5.74) is 0. The second kappa shape index (κ2) is 54.9. The molecule has 0 aromatic carbocycles. The van der Waals surface area contributed by atoms with E-state index < -0.39 is 6.10 Å². The van der Waals surface area contributed by atoms with Crippen LogP contribution in [0.3, 0.4) is 0 Å². The predicted octanol–water partition coefficient (Wildman–Crippen LogP) is 18.9. The van der Waals surface area contributed by atoms with Gasteiger partial charge < -0.3 is 14.2 Å². The fourth-order valence-electron chi connectivity index (χ4n) is 7.93. The number of hydrogen-bond acceptors (Lipinski definition) is 5. The number of carbonyl (C=O) groups is 2. The number of unbranched alkanes of at least 4 members (excludes halogenated alkanes) is 30. The van der Waals surface area contributed by atoms with Gasteiger partial charge in [0.05, 0.1) is 6.61 Å². The maximum atomic E-state index is 12.8. The van der Waals surface area contributed by atoms with Crippen molar-refractivity contribution in [1.29, 1.82) is 0 Å². The van der Waals surface area contributed by atoms with Crippen molar-refractivity contribution in [3.05, 3.63) is 60.8 Å². The SMILES string of the molecule is CC/C=C\C/C=C\C/C=C\C/C=C\CCC(=O)OC(COCCCCCCCCCCCCCCCCCC)COC(=O)CCCCCCCCCCC/C=C\CCCCCCCC. The third kappa shape index (κ3) is 52.2. The van der Waals surface area contributed by atoms with E-state index in [1.807, 2.05) is 6.08 Å². The van der Waals surface area contributed by atoms with Gasteiger partial charge in [-0.15, -0.1) is 0 Å². The highest BCUT2D eigenvalue weighted by Gasteiger charge is 2.17. The fourth-order valence-corrected chi connectivity index (χ4v) is 7.93. The Hall–Kier alpha value is -2.40. The maximum absolute atomic E-state index is 12.8. The topological polar surface area (TPSA) is 61.8 Å². The molecule has 1 unspecified atom stereocenters. The quantitative estimate of drug-likeness (QED) is 0.0346. The van der Waals surface area contributed by atoms with Gasteiger partial charge in [-0.3, -0.25) is 9.59 Å². The zero-order valence-electron chi connectivity index (χ0n) is 42.8. The first-order valence-corrected chi connectivity index (χ1v) is 27.8. The molecule has 5 heteroatoms. The molecule has 0 aliphatic carbocycles. The lowest BCUT2D eigenvalue weighted by atomic mass is 10.0. The van der Waals surface area contributed by atoms with E-state index in [1.165, 1.54) is 186 Å². The monoisotopic (exact) mass is 895 g/mol. The zero-order chi connectivity index (χ0) is 46.3. The predicted molar refractivity (Wildman–Crippen MR) is 279 cm³/mol. The highest BCUT2D eigenvalue weighted by molar-refractivity contribution is 5.70. The van der Waals surface area contributed by atoms with Crippen LogP contribution in [-0.4, -0.2) is 37.9 Å². The van der Waals surface area contributed by atoms with Crippen molar-refractivity contribution in [3.63, 3.8) is 0 Å². The number of ether oxygens (including phenoxy) is 3. The van der Waals surface area contributed by atoms with Crippen LogP contribution >= 0.6 is 0 Å². The molecule has 0 rings (SSSR count). The molecule has 0 fully saturated rings. The number of esters is 2. The van der Waals surface area contributed by atoms with E-state index in [0.29, 0.717) is 25.9 Å². The molecule has 0 bridgehead atoms. The van der Waals surface area contributed by atoms with E-state index in [9.17, 15) is 9.59 Å². The largest absolute Gasteiger partial charge is 0.462 e. The van der Waals surface area contributed by atoms with Crippen LogP contribution in [0.2, 0.25) is 0 Å². The Bertz CT molecular complexity index is 1100. The van der Waals surface area contributed by atoms with Crippen LogP contribution in [0.1, 0.15) is 278 Å². The van der Waals surface area contributed by atoms with E-state index in [2.05, 4.69) is 75.5 Å². The van der Waals surface area contributed by atoms with Crippen molar-refractivity contribution in [2.24, 2.45) is 0 Å². The minimum atomic E-state index is -0.573. The van der Waals surface area contributed by atoms with E-state index in [-0.39, 0.29) is 25.2 Å². The summed E-state index contributed by atoms with van der Waals surface area (Å²) in [4.78, 5) is 25.4. The fraction of sp³-hybridized carbons (Fsp3) is 0.797. The van der Waals surface area contributed by atoms with Crippen LogP contribution in [0.15, 0.2) is 60.8 Å². The van der Waals surface area contributed by atoms with Crippen LogP contribution < -0.4 is 0 Å². The lowest BCUT2D eigenvalue weighted by Crippen LogP contribution is -2.30. The molecule has 372 valence electrons. The molecule has 0 radical (unpaired) electrons. The van der Waals surface area contributed by atoms with Crippen LogP contribution in [-0.2, 0) is 23.8 Å². The van der Waals surface area contributed by atoms with Gasteiger partial charge in [-0.2, -0.15) is 0 Å². The van der Waals surface area contributed by atoms with Crippen molar-refractivity contribution in [3.8, 4) is 0 Å². The Morgan fingerprint density at radius 3 is 1.19 bits per heavy atom. The first kappa shape index (κ1) is 61.6. The highest BCUT2D eigenvalue weighted by atomic mass is 16.6. The van der Waals surface area contributed by atoms with Gasteiger partial charge in [0.2, 0.25) is 0 Å². The Labute approximate surface area is 398 Å². The normalized spacial score (nSPS) is 12.6. The summed E-state index contributed by atoms with van der Waals surface area (Å²) >= 11 is 0. The molecule has 0 aliphatic rings. The van der Waals surface area contributed by atoms with E-state index in [4.69, 9.17) is 14.2 Å². The molecule has 0 heterocycles. The van der Waals surface area contributed by atoms with Crippen LogP contribution in [0.4, 0.5) is 0 Å². The minimum Gasteiger partial charge on any atom is -0.462 e. The highest BCUT2D eigenvalue weighted by Crippen LogP contribution is 2.16. The van der Waals surface area contributed by atoms with E-state index >= 15 is 0 Å². The molecule has 0 saturated carbocycles. The molecular formula is C59H106O5. The zero-order valence-corrected chi connectivity index (χ0v) is 42.8. The van der Waals surface area contributed by atoms with E-state index in [1.54, 1.807) is 0 Å². The van der Waals surface area contributed by atoms with Gasteiger partial charge >= 0.3 is 11.9 Å². The molecule has 0 aliphatic heterocycles. The summed E-state index contributed by atoms with van der Waals surface area (Å²) in [5, 5.41) is 0. The van der Waals surface area contributed by atoms with Gasteiger partial charge in [-0.05, 0) is 70.6 Å². The second-order valence-electron chi connectivity index (χ2n) is 18.5. The molecule has 0 aromatic rings. The summed E-state index contributed by atoms with van der Waals surface area (Å²) in [6.45, 7) is 7.67. The average molecular weight is 895 g/mol.